The quantitative estimate of drug-likeness (QED) is 0.594. The molecule has 1 aromatic rings. The monoisotopic (exact) mass is 246 g/mol. The summed E-state index contributed by atoms with van der Waals surface area (Å²) in [5, 5.41) is 18.0. The lowest BCUT2D eigenvalue weighted by molar-refractivity contribution is -0.548. The first kappa shape index (κ1) is 14.2. The van der Waals surface area contributed by atoms with Crippen LogP contribution < -0.4 is 5.43 Å². The first-order valence-corrected chi connectivity index (χ1v) is 4.27. The minimum absolute atomic E-state index is 0. The van der Waals surface area contributed by atoms with E-state index < -0.39 is 17.0 Å². The minimum atomic E-state index is -1.24. The van der Waals surface area contributed by atoms with Crippen molar-refractivity contribution in [3.63, 3.8) is 0 Å². The Hall–Kier alpha value is -1.82. The van der Waals surface area contributed by atoms with E-state index in [1.807, 2.05) is 0 Å². The predicted octanol–water partition coefficient (Wildman–Crippen LogP) is 0.885. The molecule has 2 N–H and O–H groups in total. The number of carbonyl (C=O) groups is 1. The predicted molar refractivity (Wildman–Crippen MR) is 58.9 cm³/mol. The third-order valence-electron chi connectivity index (χ3n) is 1.84. The molecule has 0 unspecified atom stereocenters. The number of benzene rings is 1. The third kappa shape index (κ3) is 4.61. The van der Waals surface area contributed by atoms with Crippen molar-refractivity contribution in [3.05, 3.63) is 46.0 Å². The van der Waals surface area contributed by atoms with Crippen molar-refractivity contribution in [1.29, 1.82) is 0 Å². The molecule has 6 nitrogen and oxygen atoms in total. The van der Waals surface area contributed by atoms with Gasteiger partial charge in [-0.3, -0.25) is 0 Å². The maximum absolute atomic E-state index is 10.7. The van der Waals surface area contributed by atoms with E-state index in [4.69, 9.17) is 5.11 Å². The van der Waals surface area contributed by atoms with E-state index in [-0.39, 0.29) is 18.8 Å². The van der Waals surface area contributed by atoms with Crippen molar-refractivity contribution in [3.8, 4) is 0 Å². The van der Waals surface area contributed by atoms with Crippen LogP contribution >= 0.6 is 12.4 Å². The van der Waals surface area contributed by atoms with Crippen LogP contribution in [0, 0.1) is 10.1 Å². The van der Waals surface area contributed by atoms with E-state index in [1.165, 1.54) is 0 Å². The number of carboxylic acids is 1. The maximum Gasteiger partial charge on any atom is 0.332 e. The Balaban J connectivity index is 0.00000225. The first-order valence-electron chi connectivity index (χ1n) is 4.27. The van der Waals surface area contributed by atoms with Crippen LogP contribution in [0.1, 0.15) is 5.56 Å². The molecule has 1 rings (SSSR count). The fourth-order valence-electron chi connectivity index (χ4n) is 1.17. The Morgan fingerprint density at radius 3 is 2.44 bits per heavy atom. The molecule has 88 valence electrons. The number of rotatable bonds is 5. The molecular formula is C9H11ClN2O4. The average Bonchev–Trinajstić information content (AvgIpc) is 2.17. The fraction of sp³-hybridized carbons (Fsp3) is 0.222. The van der Waals surface area contributed by atoms with Gasteiger partial charge in [-0.25, -0.2) is 14.9 Å². The normalized spacial score (nSPS) is 11.0. The zero-order valence-corrected chi connectivity index (χ0v) is 9.02. The van der Waals surface area contributed by atoms with Gasteiger partial charge in [0.1, 0.15) is 0 Å². The summed E-state index contributed by atoms with van der Waals surface area (Å²) >= 11 is 0. The van der Waals surface area contributed by atoms with Crippen molar-refractivity contribution in [1.82, 2.24) is 5.43 Å². The van der Waals surface area contributed by atoms with E-state index in [9.17, 15) is 14.9 Å². The molecule has 0 aliphatic carbocycles. The smallest absolute Gasteiger partial charge is 0.332 e. The number of hydrazine groups is 1. The Morgan fingerprint density at radius 2 is 2.00 bits per heavy atom. The minimum Gasteiger partial charge on any atom is -0.480 e. The summed E-state index contributed by atoms with van der Waals surface area (Å²) in [6, 6.07) is 7.53. The summed E-state index contributed by atoms with van der Waals surface area (Å²) in [7, 11) is 0. The maximum atomic E-state index is 10.7. The number of nitro groups is 1. The summed E-state index contributed by atoms with van der Waals surface area (Å²) in [5.41, 5.74) is 2.49. The molecule has 7 heteroatoms. The number of halogens is 1. The second-order valence-corrected chi connectivity index (χ2v) is 2.97. The number of aliphatic carboxylic acids is 1. The zero-order chi connectivity index (χ0) is 11.3. The zero-order valence-electron chi connectivity index (χ0n) is 8.20. The lowest BCUT2D eigenvalue weighted by atomic mass is 10.1. The second kappa shape index (κ2) is 6.62. The number of nitrogens with zero attached hydrogens (tertiary/aromatic N) is 1. The van der Waals surface area contributed by atoms with Gasteiger partial charge in [-0.2, -0.15) is 0 Å². The highest BCUT2D eigenvalue weighted by Crippen LogP contribution is 2.03. The van der Waals surface area contributed by atoms with Crippen LogP contribution in [0.15, 0.2) is 30.3 Å². The molecule has 0 aliphatic rings. The van der Waals surface area contributed by atoms with Gasteiger partial charge in [0.2, 0.25) is 0 Å². The van der Waals surface area contributed by atoms with Crippen molar-refractivity contribution in [2.45, 2.75) is 12.5 Å². The number of hydrogen-bond donors (Lipinski definition) is 2. The molecule has 0 spiro atoms. The molecule has 0 aliphatic heterocycles. The highest BCUT2D eigenvalue weighted by molar-refractivity contribution is 5.85. The van der Waals surface area contributed by atoms with E-state index in [2.05, 4.69) is 0 Å². The van der Waals surface area contributed by atoms with Crippen LogP contribution in [0.2, 0.25) is 0 Å². The van der Waals surface area contributed by atoms with Crippen molar-refractivity contribution < 1.29 is 14.9 Å². The standard InChI is InChI=1S/C9H10N2O4.ClH/c12-9(13)8(10-11(14)15)6-7-4-2-1-3-5-7;/h1-5,8,10H,6H2,(H,12,13);1H/t8-;/m0./s1. The Labute approximate surface area is 97.8 Å². The Morgan fingerprint density at radius 1 is 1.44 bits per heavy atom. The van der Waals surface area contributed by atoms with Crippen LogP contribution in [-0.4, -0.2) is 22.1 Å². The van der Waals surface area contributed by atoms with Gasteiger partial charge in [0.15, 0.2) is 11.1 Å². The summed E-state index contributed by atoms with van der Waals surface area (Å²) < 4.78 is 0. The number of nitrogens with one attached hydrogen (secondary N) is 1. The summed E-state index contributed by atoms with van der Waals surface area (Å²) in [5.74, 6) is -1.24. The molecule has 0 bridgehead atoms. The van der Waals surface area contributed by atoms with E-state index in [1.54, 1.807) is 35.8 Å². The molecule has 0 aromatic heterocycles. The molecule has 0 fully saturated rings. The summed E-state index contributed by atoms with van der Waals surface area (Å²) in [6.07, 6.45) is 0.0805. The van der Waals surface area contributed by atoms with E-state index in [0.29, 0.717) is 0 Å². The SMILES string of the molecule is Cl.O=C(O)[C@H](Cc1ccccc1)N[N+](=O)[O-]. The summed E-state index contributed by atoms with van der Waals surface area (Å²) in [6.45, 7) is 0. The molecule has 0 saturated carbocycles. The topological polar surface area (TPSA) is 92.5 Å². The molecule has 0 radical (unpaired) electrons. The molecule has 0 saturated heterocycles. The van der Waals surface area contributed by atoms with Crippen molar-refractivity contribution in [2.24, 2.45) is 0 Å². The van der Waals surface area contributed by atoms with Crippen LogP contribution in [0.3, 0.4) is 0 Å². The second-order valence-electron chi connectivity index (χ2n) is 2.97. The van der Waals surface area contributed by atoms with Crippen molar-refractivity contribution >= 4 is 18.4 Å². The van der Waals surface area contributed by atoms with Gasteiger partial charge in [0.25, 0.3) is 0 Å². The van der Waals surface area contributed by atoms with Gasteiger partial charge in [0.05, 0.1) is 0 Å². The Kier molecular flexibility index (Phi) is 5.87. The van der Waals surface area contributed by atoms with E-state index >= 15 is 0 Å². The van der Waals surface area contributed by atoms with Gasteiger partial charge in [-0.05, 0) is 5.56 Å². The molecular weight excluding hydrogens is 236 g/mol. The molecule has 0 heterocycles. The number of carboxylic acid groups (broad SMARTS) is 1. The van der Waals surface area contributed by atoms with Gasteiger partial charge in [-0.1, -0.05) is 30.3 Å². The molecule has 0 amide bonds. The molecule has 1 atom stereocenters. The van der Waals surface area contributed by atoms with Crippen LogP contribution in [0.5, 0.6) is 0 Å². The van der Waals surface area contributed by atoms with Gasteiger partial charge >= 0.3 is 5.97 Å². The summed E-state index contributed by atoms with van der Waals surface area (Å²) in [4.78, 5) is 20.8. The lowest BCUT2D eigenvalue weighted by Gasteiger charge is -2.08. The van der Waals surface area contributed by atoms with Gasteiger partial charge in [0, 0.05) is 6.42 Å². The fourth-order valence-corrected chi connectivity index (χ4v) is 1.17. The van der Waals surface area contributed by atoms with Crippen LogP contribution in [-0.2, 0) is 11.2 Å². The highest BCUT2D eigenvalue weighted by atomic mass is 35.5. The van der Waals surface area contributed by atoms with Crippen molar-refractivity contribution in [2.75, 3.05) is 0 Å². The van der Waals surface area contributed by atoms with Gasteiger partial charge in [-0.15, -0.1) is 17.8 Å². The van der Waals surface area contributed by atoms with Crippen LogP contribution in [0.25, 0.3) is 0 Å². The first-order chi connectivity index (χ1) is 7.09. The Bertz CT molecular complexity index is 358. The molecule has 16 heavy (non-hydrogen) atoms. The molecule has 1 aromatic carbocycles. The number of hydrogen-bond acceptors (Lipinski definition) is 3. The average molecular weight is 247 g/mol. The van der Waals surface area contributed by atoms with E-state index in [0.717, 1.165) is 5.56 Å². The van der Waals surface area contributed by atoms with Gasteiger partial charge < -0.3 is 5.11 Å². The third-order valence-corrected chi connectivity index (χ3v) is 1.84. The van der Waals surface area contributed by atoms with Crippen LogP contribution in [0.4, 0.5) is 0 Å². The highest BCUT2D eigenvalue weighted by Gasteiger charge is 2.22. The largest absolute Gasteiger partial charge is 0.480 e. The lowest BCUT2D eigenvalue weighted by Crippen LogP contribution is -2.41.